The van der Waals surface area contributed by atoms with Crippen LogP contribution in [-0.2, 0) is 4.74 Å². The van der Waals surface area contributed by atoms with Gasteiger partial charge in [-0.3, -0.25) is 0 Å². The Morgan fingerprint density at radius 3 is 2.71 bits per heavy atom. The quantitative estimate of drug-likeness (QED) is 0.538. The Balaban J connectivity index is 2.04. The summed E-state index contributed by atoms with van der Waals surface area (Å²) in [4.78, 5) is 0. The minimum Gasteiger partial charge on any atom is -0.385 e. The van der Waals surface area contributed by atoms with E-state index in [-0.39, 0.29) is 5.54 Å². The third-order valence-corrected chi connectivity index (χ3v) is 2.93. The van der Waals surface area contributed by atoms with Crippen LogP contribution in [0.4, 0.5) is 0 Å². The summed E-state index contributed by atoms with van der Waals surface area (Å²) in [5.74, 6) is 0. The predicted octanol–water partition coefficient (Wildman–Crippen LogP) is 1.43. The zero-order chi connectivity index (χ0) is 10.4. The van der Waals surface area contributed by atoms with E-state index in [1.165, 1.54) is 19.3 Å². The SMILES string of the molecule is COCCCNC(=S)NC1(C)CCC1. The van der Waals surface area contributed by atoms with Gasteiger partial charge in [-0.2, -0.15) is 0 Å². The van der Waals surface area contributed by atoms with Gasteiger partial charge >= 0.3 is 0 Å². The first-order valence-electron chi connectivity index (χ1n) is 5.21. The summed E-state index contributed by atoms with van der Waals surface area (Å²) in [6.45, 7) is 3.89. The molecule has 1 aliphatic carbocycles. The van der Waals surface area contributed by atoms with Crippen molar-refractivity contribution >= 4 is 17.3 Å². The Bertz CT molecular complexity index is 193. The Kier molecular flexibility index (Phi) is 4.62. The first-order valence-corrected chi connectivity index (χ1v) is 5.62. The molecule has 2 N–H and O–H groups in total. The molecule has 0 radical (unpaired) electrons. The summed E-state index contributed by atoms with van der Waals surface area (Å²) in [5, 5.41) is 7.31. The number of methoxy groups -OCH3 is 1. The van der Waals surface area contributed by atoms with E-state index in [2.05, 4.69) is 17.6 Å². The van der Waals surface area contributed by atoms with Crippen molar-refractivity contribution in [3.05, 3.63) is 0 Å². The Hall–Kier alpha value is -0.350. The third kappa shape index (κ3) is 3.80. The molecule has 0 aromatic heterocycles. The van der Waals surface area contributed by atoms with Crippen LogP contribution in [0.2, 0.25) is 0 Å². The molecule has 4 heteroatoms. The maximum atomic E-state index is 5.19. The van der Waals surface area contributed by atoms with Crippen LogP contribution in [0.15, 0.2) is 0 Å². The number of rotatable bonds is 5. The van der Waals surface area contributed by atoms with Crippen LogP contribution >= 0.6 is 12.2 Å². The fourth-order valence-electron chi connectivity index (χ4n) is 1.57. The maximum Gasteiger partial charge on any atom is 0.166 e. The second-order valence-corrected chi connectivity index (χ2v) is 4.55. The highest BCUT2D eigenvalue weighted by Gasteiger charge is 2.31. The number of hydrogen-bond donors (Lipinski definition) is 2. The van der Waals surface area contributed by atoms with Crippen molar-refractivity contribution in [1.82, 2.24) is 10.6 Å². The van der Waals surface area contributed by atoms with E-state index in [4.69, 9.17) is 17.0 Å². The predicted molar refractivity (Wildman–Crippen MR) is 62.5 cm³/mol. The van der Waals surface area contributed by atoms with Crippen molar-refractivity contribution in [3.8, 4) is 0 Å². The molecule has 0 aromatic carbocycles. The van der Waals surface area contributed by atoms with E-state index in [1.807, 2.05) is 0 Å². The van der Waals surface area contributed by atoms with Gasteiger partial charge in [-0.05, 0) is 44.8 Å². The molecule has 0 amide bonds. The van der Waals surface area contributed by atoms with Crippen LogP contribution in [0, 0.1) is 0 Å². The summed E-state index contributed by atoms with van der Waals surface area (Å²) in [7, 11) is 1.71. The molecule has 0 saturated heterocycles. The molecule has 3 nitrogen and oxygen atoms in total. The normalized spacial score (nSPS) is 18.4. The summed E-state index contributed by atoms with van der Waals surface area (Å²) in [5.41, 5.74) is 0.255. The smallest absolute Gasteiger partial charge is 0.166 e. The van der Waals surface area contributed by atoms with E-state index < -0.39 is 0 Å². The average Bonchev–Trinajstić information content (AvgIpc) is 2.10. The lowest BCUT2D eigenvalue weighted by Crippen LogP contribution is -2.54. The fourth-order valence-corrected chi connectivity index (χ4v) is 1.92. The second-order valence-electron chi connectivity index (χ2n) is 4.14. The molecular formula is C10H20N2OS. The lowest BCUT2D eigenvalue weighted by atomic mass is 9.79. The van der Waals surface area contributed by atoms with Crippen LogP contribution in [0.1, 0.15) is 32.6 Å². The highest BCUT2D eigenvalue weighted by atomic mass is 32.1. The van der Waals surface area contributed by atoms with Crippen LogP contribution in [0.25, 0.3) is 0 Å². The topological polar surface area (TPSA) is 33.3 Å². The summed E-state index contributed by atoms with van der Waals surface area (Å²) in [6, 6.07) is 0. The molecular weight excluding hydrogens is 196 g/mol. The van der Waals surface area contributed by atoms with Crippen molar-refractivity contribution in [2.24, 2.45) is 0 Å². The first-order chi connectivity index (χ1) is 6.66. The molecule has 82 valence electrons. The Labute approximate surface area is 91.6 Å². The molecule has 0 unspecified atom stereocenters. The Morgan fingerprint density at radius 1 is 1.50 bits per heavy atom. The third-order valence-electron chi connectivity index (χ3n) is 2.68. The van der Waals surface area contributed by atoms with E-state index in [0.717, 1.165) is 24.7 Å². The zero-order valence-corrected chi connectivity index (χ0v) is 9.88. The van der Waals surface area contributed by atoms with Crippen molar-refractivity contribution in [2.45, 2.75) is 38.1 Å². The highest BCUT2D eigenvalue weighted by Crippen LogP contribution is 2.30. The van der Waals surface area contributed by atoms with Gasteiger partial charge in [0.1, 0.15) is 0 Å². The molecule has 0 atom stereocenters. The van der Waals surface area contributed by atoms with Gasteiger partial charge in [-0.15, -0.1) is 0 Å². The van der Waals surface area contributed by atoms with Crippen molar-refractivity contribution in [3.63, 3.8) is 0 Å². The first kappa shape index (κ1) is 11.7. The average molecular weight is 216 g/mol. The molecule has 0 spiro atoms. The lowest BCUT2D eigenvalue weighted by Gasteiger charge is -2.40. The standard InChI is InChI=1S/C10H20N2OS/c1-10(5-3-6-10)12-9(14)11-7-4-8-13-2/h3-8H2,1-2H3,(H2,11,12,14). The highest BCUT2D eigenvalue weighted by molar-refractivity contribution is 7.80. The van der Waals surface area contributed by atoms with Crippen LogP contribution < -0.4 is 10.6 Å². The van der Waals surface area contributed by atoms with E-state index in [9.17, 15) is 0 Å². The molecule has 0 bridgehead atoms. The second kappa shape index (κ2) is 5.51. The minimum absolute atomic E-state index is 0.255. The monoisotopic (exact) mass is 216 g/mol. The molecule has 0 aliphatic heterocycles. The molecule has 14 heavy (non-hydrogen) atoms. The van der Waals surface area contributed by atoms with Gasteiger partial charge in [-0.25, -0.2) is 0 Å². The summed E-state index contributed by atoms with van der Waals surface area (Å²) >= 11 is 5.19. The van der Waals surface area contributed by atoms with Gasteiger partial charge in [0.25, 0.3) is 0 Å². The lowest BCUT2D eigenvalue weighted by molar-refractivity contribution is 0.195. The molecule has 1 rings (SSSR count). The number of ether oxygens (including phenoxy) is 1. The Morgan fingerprint density at radius 2 is 2.21 bits per heavy atom. The van der Waals surface area contributed by atoms with E-state index in [1.54, 1.807) is 7.11 Å². The number of nitrogens with one attached hydrogen (secondary N) is 2. The van der Waals surface area contributed by atoms with Crippen LogP contribution in [-0.4, -0.2) is 30.9 Å². The number of hydrogen-bond acceptors (Lipinski definition) is 2. The van der Waals surface area contributed by atoms with Crippen LogP contribution in [0.5, 0.6) is 0 Å². The zero-order valence-electron chi connectivity index (χ0n) is 9.06. The molecule has 1 saturated carbocycles. The maximum absolute atomic E-state index is 5.19. The number of thiocarbonyl (C=S) groups is 1. The van der Waals surface area contributed by atoms with Gasteiger partial charge in [0.2, 0.25) is 0 Å². The van der Waals surface area contributed by atoms with Gasteiger partial charge < -0.3 is 15.4 Å². The van der Waals surface area contributed by atoms with Gasteiger partial charge in [0.15, 0.2) is 5.11 Å². The van der Waals surface area contributed by atoms with E-state index >= 15 is 0 Å². The summed E-state index contributed by atoms with van der Waals surface area (Å²) in [6.07, 6.45) is 4.77. The largest absolute Gasteiger partial charge is 0.385 e. The van der Waals surface area contributed by atoms with Gasteiger partial charge in [0, 0.05) is 25.8 Å². The van der Waals surface area contributed by atoms with E-state index in [0.29, 0.717) is 0 Å². The molecule has 0 heterocycles. The van der Waals surface area contributed by atoms with Crippen molar-refractivity contribution < 1.29 is 4.74 Å². The molecule has 1 aliphatic rings. The fraction of sp³-hybridized carbons (Fsp3) is 0.900. The van der Waals surface area contributed by atoms with Crippen molar-refractivity contribution in [1.29, 1.82) is 0 Å². The molecule has 1 fully saturated rings. The minimum atomic E-state index is 0.255. The van der Waals surface area contributed by atoms with Crippen molar-refractivity contribution in [2.75, 3.05) is 20.3 Å². The van der Waals surface area contributed by atoms with Gasteiger partial charge in [-0.1, -0.05) is 0 Å². The van der Waals surface area contributed by atoms with Crippen LogP contribution in [0.3, 0.4) is 0 Å². The van der Waals surface area contributed by atoms with Gasteiger partial charge in [0.05, 0.1) is 0 Å². The molecule has 0 aromatic rings. The summed E-state index contributed by atoms with van der Waals surface area (Å²) < 4.78 is 4.95.